The zero-order valence-corrected chi connectivity index (χ0v) is 12.9. The summed E-state index contributed by atoms with van der Waals surface area (Å²) >= 11 is 3.27. The Morgan fingerprint density at radius 3 is 2.67 bits per heavy atom. The van der Waals surface area contributed by atoms with Crippen LogP contribution >= 0.6 is 15.9 Å². The minimum Gasteiger partial charge on any atom is -0.496 e. The summed E-state index contributed by atoms with van der Waals surface area (Å²) in [6.07, 6.45) is 0. The molecule has 3 N–H and O–H groups in total. The van der Waals surface area contributed by atoms with Gasteiger partial charge in [0.1, 0.15) is 18.2 Å². The molecule has 0 amide bonds. The molecule has 0 aliphatic heterocycles. The Bertz CT molecular complexity index is 677. The molecule has 2 aromatic rings. The van der Waals surface area contributed by atoms with Crippen molar-refractivity contribution in [3.8, 4) is 11.5 Å². The Labute approximate surface area is 130 Å². The number of nitrogen functional groups attached to an aromatic ring is 1. The van der Waals surface area contributed by atoms with Crippen molar-refractivity contribution in [1.82, 2.24) is 0 Å². The predicted octanol–water partition coefficient (Wildman–Crippen LogP) is 3.46. The van der Waals surface area contributed by atoms with E-state index in [2.05, 4.69) is 15.9 Å². The minimum atomic E-state index is -0.425. The highest BCUT2D eigenvalue weighted by atomic mass is 79.9. The van der Waals surface area contributed by atoms with Crippen molar-refractivity contribution in [2.45, 2.75) is 6.61 Å². The third kappa shape index (κ3) is 3.72. The number of halogens is 2. The van der Waals surface area contributed by atoms with E-state index in [0.29, 0.717) is 11.3 Å². The molecule has 0 bridgehead atoms. The molecule has 0 saturated heterocycles. The van der Waals surface area contributed by atoms with Crippen LogP contribution in [0.1, 0.15) is 11.1 Å². The molecule has 4 nitrogen and oxygen atoms in total. The molecule has 0 aliphatic carbocycles. The second kappa shape index (κ2) is 6.58. The molecule has 21 heavy (non-hydrogen) atoms. The fourth-order valence-corrected chi connectivity index (χ4v) is 2.14. The summed E-state index contributed by atoms with van der Waals surface area (Å²) in [5, 5.41) is 7.45. The van der Waals surface area contributed by atoms with Gasteiger partial charge in [0.2, 0.25) is 0 Å². The van der Waals surface area contributed by atoms with E-state index in [1.54, 1.807) is 30.3 Å². The molecule has 0 aromatic heterocycles. The smallest absolute Gasteiger partial charge is 0.165 e. The molecular formula is C15H14BrFN2O2. The van der Waals surface area contributed by atoms with Crippen LogP contribution in [0.5, 0.6) is 11.5 Å². The zero-order valence-electron chi connectivity index (χ0n) is 11.3. The van der Waals surface area contributed by atoms with Crippen LogP contribution in [0.15, 0.2) is 40.9 Å². The quantitative estimate of drug-likeness (QED) is 0.639. The average molecular weight is 353 g/mol. The molecule has 2 rings (SSSR count). The summed E-state index contributed by atoms with van der Waals surface area (Å²) in [6, 6.07) is 9.65. The van der Waals surface area contributed by atoms with E-state index in [9.17, 15) is 4.39 Å². The highest BCUT2D eigenvalue weighted by Gasteiger charge is 2.09. The third-order valence-electron chi connectivity index (χ3n) is 2.84. The van der Waals surface area contributed by atoms with Crippen LogP contribution in [-0.4, -0.2) is 12.9 Å². The Hall–Kier alpha value is -2.08. The van der Waals surface area contributed by atoms with E-state index in [4.69, 9.17) is 20.6 Å². The molecule has 0 heterocycles. The van der Waals surface area contributed by atoms with Gasteiger partial charge in [-0.05, 0) is 35.9 Å². The number of ether oxygens (including phenoxy) is 2. The summed E-state index contributed by atoms with van der Waals surface area (Å²) in [5.41, 5.74) is 6.76. The fraction of sp³-hybridized carbons (Fsp3) is 0.133. The summed E-state index contributed by atoms with van der Waals surface area (Å²) in [7, 11) is 1.50. The highest BCUT2D eigenvalue weighted by molar-refractivity contribution is 9.10. The molecule has 0 unspecified atom stereocenters. The van der Waals surface area contributed by atoms with Gasteiger partial charge in [-0.3, -0.25) is 5.41 Å². The molecule has 0 fully saturated rings. The number of hydrogen-bond acceptors (Lipinski definition) is 3. The van der Waals surface area contributed by atoms with Gasteiger partial charge in [0.15, 0.2) is 11.6 Å². The first-order valence-corrected chi connectivity index (χ1v) is 6.89. The molecular weight excluding hydrogens is 339 g/mol. The lowest BCUT2D eigenvalue weighted by molar-refractivity contribution is 0.289. The second-order valence-corrected chi connectivity index (χ2v) is 5.23. The van der Waals surface area contributed by atoms with Gasteiger partial charge >= 0.3 is 0 Å². The Morgan fingerprint density at radius 2 is 2.00 bits per heavy atom. The van der Waals surface area contributed by atoms with Crippen molar-refractivity contribution in [3.05, 3.63) is 57.8 Å². The molecule has 0 aliphatic rings. The lowest BCUT2D eigenvalue weighted by Crippen LogP contribution is -2.12. The maximum Gasteiger partial charge on any atom is 0.165 e. The topological polar surface area (TPSA) is 68.3 Å². The lowest BCUT2D eigenvalue weighted by Gasteiger charge is -2.11. The van der Waals surface area contributed by atoms with Gasteiger partial charge in [-0.15, -0.1) is 0 Å². The molecule has 6 heteroatoms. The van der Waals surface area contributed by atoms with Crippen molar-refractivity contribution in [2.24, 2.45) is 5.73 Å². The van der Waals surface area contributed by atoms with Gasteiger partial charge in [0, 0.05) is 4.47 Å². The predicted molar refractivity (Wildman–Crippen MR) is 82.4 cm³/mol. The zero-order chi connectivity index (χ0) is 15.4. The Kier molecular flexibility index (Phi) is 4.80. The van der Waals surface area contributed by atoms with Crippen molar-refractivity contribution in [3.63, 3.8) is 0 Å². The van der Waals surface area contributed by atoms with E-state index in [1.165, 1.54) is 13.2 Å². The van der Waals surface area contributed by atoms with E-state index < -0.39 is 5.82 Å². The van der Waals surface area contributed by atoms with Crippen molar-refractivity contribution >= 4 is 21.8 Å². The first-order valence-electron chi connectivity index (χ1n) is 6.10. The van der Waals surface area contributed by atoms with Gasteiger partial charge in [0.05, 0.1) is 12.7 Å². The van der Waals surface area contributed by atoms with Gasteiger partial charge in [-0.2, -0.15) is 0 Å². The van der Waals surface area contributed by atoms with E-state index >= 15 is 0 Å². The monoisotopic (exact) mass is 352 g/mol. The summed E-state index contributed by atoms with van der Waals surface area (Å²) in [6.45, 7) is 0.182. The lowest BCUT2D eigenvalue weighted by atomic mass is 10.1. The van der Waals surface area contributed by atoms with Gasteiger partial charge in [-0.1, -0.05) is 22.0 Å². The van der Waals surface area contributed by atoms with Gasteiger partial charge in [0.25, 0.3) is 0 Å². The first kappa shape index (κ1) is 15.3. The summed E-state index contributed by atoms with van der Waals surface area (Å²) in [5.74, 6) is 0.153. The van der Waals surface area contributed by atoms with Gasteiger partial charge in [-0.25, -0.2) is 4.39 Å². The highest BCUT2D eigenvalue weighted by Crippen LogP contribution is 2.25. The molecule has 0 saturated carbocycles. The third-order valence-corrected chi connectivity index (χ3v) is 3.34. The fourth-order valence-electron chi connectivity index (χ4n) is 1.80. The Balaban J connectivity index is 2.17. The minimum absolute atomic E-state index is 0.0719. The molecule has 0 radical (unpaired) electrons. The number of hydrogen-bond donors (Lipinski definition) is 2. The van der Waals surface area contributed by atoms with Crippen LogP contribution in [0, 0.1) is 11.2 Å². The van der Waals surface area contributed by atoms with Crippen LogP contribution in [0.25, 0.3) is 0 Å². The number of nitrogens with one attached hydrogen (secondary N) is 1. The van der Waals surface area contributed by atoms with Crippen LogP contribution < -0.4 is 15.2 Å². The summed E-state index contributed by atoms with van der Waals surface area (Å²) < 4.78 is 25.0. The van der Waals surface area contributed by atoms with Crippen LogP contribution in [0.4, 0.5) is 4.39 Å². The van der Waals surface area contributed by atoms with Crippen molar-refractivity contribution < 1.29 is 13.9 Å². The molecule has 110 valence electrons. The summed E-state index contributed by atoms with van der Waals surface area (Å²) in [4.78, 5) is 0. The normalized spacial score (nSPS) is 10.2. The number of nitrogens with two attached hydrogens (primary N) is 1. The maximum atomic E-state index is 13.6. The number of amidine groups is 1. The maximum absolute atomic E-state index is 13.6. The van der Waals surface area contributed by atoms with Crippen LogP contribution in [0.2, 0.25) is 0 Å². The molecule has 0 atom stereocenters. The van der Waals surface area contributed by atoms with Crippen LogP contribution in [0.3, 0.4) is 0 Å². The number of benzene rings is 2. The largest absolute Gasteiger partial charge is 0.496 e. The van der Waals surface area contributed by atoms with Crippen molar-refractivity contribution in [2.75, 3.05) is 7.11 Å². The SMILES string of the molecule is COc1cc(COc2cc(Br)ccc2F)ccc1C(=N)N. The number of methoxy groups -OCH3 is 1. The van der Waals surface area contributed by atoms with Gasteiger partial charge < -0.3 is 15.2 Å². The van der Waals surface area contributed by atoms with E-state index in [-0.39, 0.29) is 18.2 Å². The first-order chi connectivity index (χ1) is 10.0. The van der Waals surface area contributed by atoms with Crippen molar-refractivity contribution in [1.29, 1.82) is 5.41 Å². The second-order valence-electron chi connectivity index (χ2n) is 4.31. The van der Waals surface area contributed by atoms with E-state index in [1.807, 2.05) is 0 Å². The molecule has 2 aromatic carbocycles. The van der Waals surface area contributed by atoms with Crippen LogP contribution in [-0.2, 0) is 6.61 Å². The number of rotatable bonds is 5. The standard InChI is InChI=1S/C15H14BrFN2O2/c1-20-13-6-9(2-4-11(13)15(18)19)8-21-14-7-10(16)3-5-12(14)17/h2-7H,8H2,1H3,(H3,18,19). The Morgan fingerprint density at radius 1 is 1.24 bits per heavy atom. The average Bonchev–Trinajstić information content (AvgIpc) is 2.47. The van der Waals surface area contributed by atoms with E-state index in [0.717, 1.165) is 10.0 Å². The molecule has 0 spiro atoms.